The average Bonchev–Trinajstić information content (AvgIpc) is 2.45. The second-order valence-corrected chi connectivity index (χ2v) is 8.89. The average molecular weight is 322 g/mol. The molecule has 1 aromatic carbocycles. The fourth-order valence-corrected chi connectivity index (χ4v) is 3.67. The highest BCUT2D eigenvalue weighted by Gasteiger charge is 2.28. The van der Waals surface area contributed by atoms with E-state index in [9.17, 15) is 8.42 Å². The van der Waals surface area contributed by atoms with Gasteiger partial charge in [0.2, 0.25) is 0 Å². The Morgan fingerprint density at radius 3 is 2.14 bits per heavy atom. The largest absolute Gasteiger partial charge is 0.276 e. The number of benzene rings is 1. The zero-order chi connectivity index (χ0) is 16.4. The fourth-order valence-electron chi connectivity index (χ4n) is 2.82. The van der Waals surface area contributed by atoms with Gasteiger partial charge in [0.05, 0.1) is 4.90 Å². The lowest BCUT2D eigenvalue weighted by Crippen LogP contribution is -2.27. The Balaban J connectivity index is 1.99. The van der Waals surface area contributed by atoms with E-state index in [1.807, 2.05) is 6.92 Å². The Morgan fingerprint density at radius 2 is 1.64 bits per heavy atom. The molecule has 5 heteroatoms. The highest BCUT2D eigenvalue weighted by atomic mass is 32.2. The van der Waals surface area contributed by atoms with Gasteiger partial charge in [-0.05, 0) is 56.1 Å². The van der Waals surface area contributed by atoms with Crippen molar-refractivity contribution in [3.05, 3.63) is 29.8 Å². The summed E-state index contributed by atoms with van der Waals surface area (Å²) in [5, 5.41) is 4.15. The van der Waals surface area contributed by atoms with E-state index < -0.39 is 10.0 Å². The predicted octanol–water partition coefficient (Wildman–Crippen LogP) is 3.87. The van der Waals surface area contributed by atoms with E-state index in [1.54, 1.807) is 24.3 Å². The number of sulfonamides is 1. The van der Waals surface area contributed by atoms with Gasteiger partial charge in [0.15, 0.2) is 0 Å². The quantitative estimate of drug-likeness (QED) is 0.859. The molecular formula is C17H26N2O2S. The van der Waals surface area contributed by atoms with Gasteiger partial charge in [-0.15, -0.1) is 0 Å². The highest BCUT2D eigenvalue weighted by Crippen LogP contribution is 2.36. The van der Waals surface area contributed by atoms with Crippen molar-refractivity contribution in [2.45, 2.75) is 58.3 Å². The van der Waals surface area contributed by atoms with Crippen molar-refractivity contribution in [1.29, 1.82) is 0 Å². The number of rotatable bonds is 3. The van der Waals surface area contributed by atoms with E-state index in [1.165, 1.54) is 0 Å². The van der Waals surface area contributed by atoms with Crippen LogP contribution >= 0.6 is 0 Å². The molecule has 4 nitrogen and oxygen atoms in total. The molecular weight excluding hydrogens is 296 g/mol. The van der Waals surface area contributed by atoms with Crippen LogP contribution < -0.4 is 4.83 Å². The van der Waals surface area contributed by atoms with Crippen LogP contribution in [0.3, 0.4) is 0 Å². The van der Waals surface area contributed by atoms with Crippen molar-refractivity contribution in [1.82, 2.24) is 4.83 Å². The third kappa shape index (κ3) is 4.32. The first-order chi connectivity index (χ1) is 10.2. The summed E-state index contributed by atoms with van der Waals surface area (Å²) in [7, 11) is -3.56. The van der Waals surface area contributed by atoms with Crippen LogP contribution in [0.2, 0.25) is 0 Å². The van der Waals surface area contributed by atoms with Gasteiger partial charge in [-0.2, -0.15) is 13.5 Å². The van der Waals surface area contributed by atoms with E-state index in [2.05, 4.69) is 30.7 Å². The van der Waals surface area contributed by atoms with Crippen molar-refractivity contribution in [2.24, 2.45) is 16.4 Å². The standard InChI is InChI=1S/C17H26N2O2S/c1-13-5-11-16(12-6-13)22(20,21)19-18-15-9-7-14(8-10-15)17(2,3)4/h5-6,11-12,14,19H,7-10H2,1-4H3. The first-order valence-electron chi connectivity index (χ1n) is 7.82. The molecule has 0 saturated heterocycles. The summed E-state index contributed by atoms with van der Waals surface area (Å²) in [6, 6.07) is 6.79. The van der Waals surface area contributed by atoms with Crippen LogP contribution in [-0.4, -0.2) is 14.1 Å². The summed E-state index contributed by atoms with van der Waals surface area (Å²) in [5.41, 5.74) is 2.30. The van der Waals surface area contributed by atoms with Gasteiger partial charge in [0, 0.05) is 5.71 Å². The van der Waals surface area contributed by atoms with Gasteiger partial charge >= 0.3 is 0 Å². The molecule has 0 aromatic heterocycles. The Morgan fingerprint density at radius 1 is 1.09 bits per heavy atom. The molecule has 0 amide bonds. The molecule has 1 aliphatic carbocycles. The first-order valence-corrected chi connectivity index (χ1v) is 9.31. The normalized spacial score (nSPS) is 19.8. The van der Waals surface area contributed by atoms with Crippen LogP contribution in [-0.2, 0) is 10.0 Å². The minimum Gasteiger partial charge on any atom is -0.200 e. The monoisotopic (exact) mass is 322 g/mol. The Hall–Kier alpha value is -1.36. The van der Waals surface area contributed by atoms with Gasteiger partial charge in [-0.25, -0.2) is 4.83 Å². The molecule has 0 aliphatic heterocycles. The number of nitrogens with one attached hydrogen (secondary N) is 1. The maximum Gasteiger partial charge on any atom is 0.276 e. The molecule has 1 aromatic rings. The van der Waals surface area contributed by atoms with Crippen LogP contribution in [0.15, 0.2) is 34.3 Å². The zero-order valence-electron chi connectivity index (χ0n) is 13.9. The summed E-state index contributed by atoms with van der Waals surface area (Å²) in [4.78, 5) is 2.63. The molecule has 1 saturated carbocycles. The Kier molecular flexibility index (Phi) is 4.95. The highest BCUT2D eigenvalue weighted by molar-refractivity contribution is 7.89. The topological polar surface area (TPSA) is 58.5 Å². The summed E-state index contributed by atoms with van der Waals surface area (Å²) in [6.07, 6.45) is 3.90. The maximum atomic E-state index is 12.2. The van der Waals surface area contributed by atoms with Crippen molar-refractivity contribution in [2.75, 3.05) is 0 Å². The summed E-state index contributed by atoms with van der Waals surface area (Å²) < 4.78 is 24.4. The lowest BCUT2D eigenvalue weighted by atomic mass is 9.72. The third-order valence-corrected chi connectivity index (χ3v) is 5.67. The molecule has 122 valence electrons. The van der Waals surface area contributed by atoms with Crippen LogP contribution in [0.1, 0.15) is 52.0 Å². The number of hydrogen-bond acceptors (Lipinski definition) is 3. The predicted molar refractivity (Wildman–Crippen MR) is 90.3 cm³/mol. The molecule has 0 bridgehead atoms. The van der Waals surface area contributed by atoms with Crippen LogP contribution in [0.4, 0.5) is 0 Å². The van der Waals surface area contributed by atoms with E-state index in [4.69, 9.17) is 0 Å². The lowest BCUT2D eigenvalue weighted by Gasteiger charge is -2.34. The SMILES string of the molecule is Cc1ccc(S(=O)(=O)NN=C2CCC(C(C)(C)C)CC2)cc1. The second-order valence-electron chi connectivity index (χ2n) is 7.23. The van der Waals surface area contributed by atoms with Crippen LogP contribution in [0.25, 0.3) is 0 Å². The van der Waals surface area contributed by atoms with E-state index in [-0.39, 0.29) is 4.90 Å². The summed E-state index contributed by atoms with van der Waals surface area (Å²) in [6.45, 7) is 8.72. The third-order valence-electron chi connectivity index (χ3n) is 4.44. The van der Waals surface area contributed by atoms with E-state index in [0.29, 0.717) is 11.3 Å². The number of hydrogen-bond donors (Lipinski definition) is 1. The van der Waals surface area contributed by atoms with Gasteiger partial charge < -0.3 is 0 Å². The summed E-state index contributed by atoms with van der Waals surface area (Å²) >= 11 is 0. The van der Waals surface area contributed by atoms with Gasteiger partial charge in [-0.3, -0.25) is 0 Å². The van der Waals surface area contributed by atoms with Crippen molar-refractivity contribution < 1.29 is 8.42 Å². The molecule has 2 rings (SSSR count). The lowest BCUT2D eigenvalue weighted by molar-refractivity contribution is 0.208. The molecule has 0 radical (unpaired) electrons. The first kappa shape index (κ1) is 17.0. The Bertz CT molecular complexity index is 630. The molecule has 0 spiro atoms. The maximum absolute atomic E-state index is 12.2. The van der Waals surface area contributed by atoms with Crippen molar-refractivity contribution in [3.63, 3.8) is 0 Å². The molecule has 0 atom stereocenters. The van der Waals surface area contributed by atoms with Crippen molar-refractivity contribution in [3.8, 4) is 0 Å². The molecule has 1 aliphatic rings. The zero-order valence-corrected chi connectivity index (χ0v) is 14.7. The number of aryl methyl sites for hydroxylation is 1. The molecule has 1 N–H and O–H groups in total. The number of hydrazone groups is 1. The summed E-state index contributed by atoms with van der Waals surface area (Å²) in [5.74, 6) is 0.681. The minimum absolute atomic E-state index is 0.255. The van der Waals surface area contributed by atoms with Gasteiger partial charge in [-0.1, -0.05) is 38.5 Å². The second kappa shape index (κ2) is 6.41. The van der Waals surface area contributed by atoms with E-state index >= 15 is 0 Å². The minimum atomic E-state index is -3.56. The number of nitrogens with zero attached hydrogens (tertiary/aromatic N) is 1. The molecule has 1 fully saturated rings. The van der Waals surface area contributed by atoms with Gasteiger partial charge in [0.1, 0.15) is 0 Å². The fraction of sp³-hybridized carbons (Fsp3) is 0.588. The van der Waals surface area contributed by atoms with Crippen LogP contribution in [0, 0.1) is 18.3 Å². The molecule has 0 heterocycles. The molecule has 22 heavy (non-hydrogen) atoms. The Labute approximate surface area is 134 Å². The van der Waals surface area contributed by atoms with Crippen molar-refractivity contribution >= 4 is 15.7 Å². The van der Waals surface area contributed by atoms with Gasteiger partial charge in [0.25, 0.3) is 10.0 Å². The smallest absolute Gasteiger partial charge is 0.200 e. The van der Waals surface area contributed by atoms with E-state index in [0.717, 1.165) is 37.0 Å². The molecule has 0 unspecified atom stereocenters. The van der Waals surface area contributed by atoms with Crippen LogP contribution in [0.5, 0.6) is 0 Å².